The number of alkyl halides is 2. The number of hydrogen-bond donors (Lipinski definition) is 1. The molecule has 0 unspecified atom stereocenters. The minimum absolute atomic E-state index is 0.0326. The molecule has 5 nitrogen and oxygen atoms in total. The number of fused-ring (bicyclic) bond motifs is 1. The standard InChI is InChI=1S/C18H26F2N4O/c1-10-6-13(10)18(25)23-5-3-4-12(9-23)14-8-15(17(19)20)24-16(21-14)7-11(2)22-24/h7,10,12-15,17,21H,3-6,8-9H2,1-2H3/t10-,12-,13-,14+,15-/m1/s1. The topological polar surface area (TPSA) is 50.2 Å². The summed E-state index contributed by atoms with van der Waals surface area (Å²) in [7, 11) is 0. The zero-order valence-corrected chi connectivity index (χ0v) is 14.8. The third kappa shape index (κ3) is 3.13. The maximum absolute atomic E-state index is 13.6. The van der Waals surface area contributed by atoms with Crippen molar-refractivity contribution in [3.05, 3.63) is 11.8 Å². The molecule has 3 heterocycles. The van der Waals surface area contributed by atoms with Crippen LogP contribution in [0.2, 0.25) is 0 Å². The molecule has 1 saturated heterocycles. The normalized spacial score (nSPS) is 34.6. The quantitative estimate of drug-likeness (QED) is 0.910. The van der Waals surface area contributed by atoms with Crippen LogP contribution in [0.3, 0.4) is 0 Å². The Bertz CT molecular complexity index is 662. The molecule has 2 fully saturated rings. The third-order valence-corrected chi connectivity index (χ3v) is 6.06. The van der Waals surface area contributed by atoms with Gasteiger partial charge >= 0.3 is 0 Å². The number of anilines is 1. The zero-order valence-electron chi connectivity index (χ0n) is 14.8. The highest BCUT2D eigenvalue weighted by Crippen LogP contribution is 2.41. The largest absolute Gasteiger partial charge is 0.367 e. The number of rotatable bonds is 3. The Kier molecular flexibility index (Phi) is 4.20. The number of piperidine rings is 1. The summed E-state index contributed by atoms with van der Waals surface area (Å²) in [6, 6.07) is 0.915. The Morgan fingerprint density at radius 2 is 2.16 bits per heavy atom. The first kappa shape index (κ1) is 16.8. The summed E-state index contributed by atoms with van der Waals surface area (Å²) < 4.78 is 28.6. The van der Waals surface area contributed by atoms with E-state index < -0.39 is 12.5 Å². The van der Waals surface area contributed by atoms with E-state index in [4.69, 9.17) is 0 Å². The predicted octanol–water partition coefficient (Wildman–Crippen LogP) is 3.08. The number of halogens is 2. The summed E-state index contributed by atoms with van der Waals surface area (Å²) in [6.45, 7) is 5.43. The molecule has 1 aromatic rings. The highest BCUT2D eigenvalue weighted by molar-refractivity contribution is 5.81. The van der Waals surface area contributed by atoms with Gasteiger partial charge in [0.15, 0.2) is 0 Å². The van der Waals surface area contributed by atoms with Gasteiger partial charge in [0.25, 0.3) is 6.43 Å². The fraction of sp³-hybridized carbons (Fsp3) is 0.778. The van der Waals surface area contributed by atoms with E-state index in [9.17, 15) is 13.6 Å². The number of amides is 1. The van der Waals surface area contributed by atoms with E-state index in [1.807, 2.05) is 17.9 Å². The number of nitrogens with one attached hydrogen (secondary N) is 1. The van der Waals surface area contributed by atoms with Crippen molar-refractivity contribution >= 4 is 11.7 Å². The minimum atomic E-state index is -2.43. The molecule has 25 heavy (non-hydrogen) atoms. The molecule has 7 heteroatoms. The molecule has 5 atom stereocenters. The SMILES string of the molecule is Cc1cc2n(n1)[C@@H](C(F)F)C[C@@H]([C@@H]1CCCN(C(=O)[C@@H]3C[C@H]3C)C1)N2. The van der Waals surface area contributed by atoms with E-state index in [2.05, 4.69) is 17.3 Å². The molecule has 1 aromatic heterocycles. The highest BCUT2D eigenvalue weighted by Gasteiger charge is 2.44. The van der Waals surface area contributed by atoms with Crippen LogP contribution >= 0.6 is 0 Å². The van der Waals surface area contributed by atoms with Crippen molar-refractivity contribution in [2.24, 2.45) is 17.8 Å². The molecule has 1 aliphatic carbocycles. The summed E-state index contributed by atoms with van der Waals surface area (Å²) in [4.78, 5) is 14.5. The van der Waals surface area contributed by atoms with Crippen LogP contribution in [-0.4, -0.2) is 46.1 Å². The maximum atomic E-state index is 13.6. The number of likely N-dealkylation sites (tertiary alicyclic amines) is 1. The van der Waals surface area contributed by atoms with E-state index in [1.54, 1.807) is 0 Å². The zero-order chi connectivity index (χ0) is 17.7. The second-order valence-corrected chi connectivity index (χ2v) is 8.01. The van der Waals surface area contributed by atoms with Crippen molar-refractivity contribution in [3.63, 3.8) is 0 Å². The summed E-state index contributed by atoms with van der Waals surface area (Å²) in [5.41, 5.74) is 0.747. The van der Waals surface area contributed by atoms with Gasteiger partial charge in [0.05, 0.1) is 5.69 Å². The van der Waals surface area contributed by atoms with Gasteiger partial charge in [-0.3, -0.25) is 4.79 Å². The van der Waals surface area contributed by atoms with Crippen molar-refractivity contribution in [2.75, 3.05) is 18.4 Å². The molecule has 0 radical (unpaired) electrons. The van der Waals surface area contributed by atoms with E-state index >= 15 is 0 Å². The Labute approximate surface area is 146 Å². The summed E-state index contributed by atoms with van der Waals surface area (Å²) in [5, 5.41) is 7.64. The summed E-state index contributed by atoms with van der Waals surface area (Å²) >= 11 is 0. The van der Waals surface area contributed by atoms with Gasteiger partial charge in [-0.2, -0.15) is 5.10 Å². The molecule has 1 saturated carbocycles. The Hall–Kier alpha value is -1.66. The van der Waals surface area contributed by atoms with E-state index in [-0.39, 0.29) is 23.8 Å². The van der Waals surface area contributed by atoms with Crippen molar-refractivity contribution in [2.45, 2.75) is 58.0 Å². The highest BCUT2D eigenvalue weighted by atomic mass is 19.3. The molecule has 138 valence electrons. The van der Waals surface area contributed by atoms with E-state index in [0.717, 1.165) is 31.5 Å². The number of hydrogen-bond acceptors (Lipinski definition) is 3. The third-order valence-electron chi connectivity index (χ3n) is 6.06. The fourth-order valence-corrected chi connectivity index (χ4v) is 4.45. The predicted molar refractivity (Wildman–Crippen MR) is 90.6 cm³/mol. The monoisotopic (exact) mass is 352 g/mol. The molecule has 1 N–H and O–H groups in total. The molecule has 4 rings (SSSR count). The first-order valence-corrected chi connectivity index (χ1v) is 9.33. The Balaban J connectivity index is 1.48. The number of aryl methyl sites for hydroxylation is 1. The molecular formula is C18H26F2N4O. The van der Waals surface area contributed by atoms with Crippen LogP contribution in [0.4, 0.5) is 14.6 Å². The molecule has 1 amide bonds. The van der Waals surface area contributed by atoms with Crippen LogP contribution < -0.4 is 5.32 Å². The molecular weight excluding hydrogens is 326 g/mol. The van der Waals surface area contributed by atoms with E-state index in [0.29, 0.717) is 24.7 Å². The molecule has 3 aliphatic rings. The van der Waals surface area contributed by atoms with Crippen molar-refractivity contribution < 1.29 is 13.6 Å². The lowest BCUT2D eigenvalue weighted by atomic mass is 9.85. The minimum Gasteiger partial charge on any atom is -0.367 e. The number of carbonyl (C=O) groups is 1. The van der Waals surface area contributed by atoms with Crippen LogP contribution in [0.5, 0.6) is 0 Å². The first-order chi connectivity index (χ1) is 11.9. The van der Waals surface area contributed by atoms with Gasteiger partial charge in [-0.25, -0.2) is 13.5 Å². The summed E-state index contributed by atoms with van der Waals surface area (Å²) in [5.74, 6) is 1.85. The van der Waals surface area contributed by atoms with Gasteiger partial charge in [-0.15, -0.1) is 0 Å². The van der Waals surface area contributed by atoms with Gasteiger partial charge in [0.2, 0.25) is 5.91 Å². The van der Waals surface area contributed by atoms with Crippen LogP contribution in [0, 0.1) is 24.7 Å². The second kappa shape index (κ2) is 6.25. The van der Waals surface area contributed by atoms with Crippen LogP contribution in [0.1, 0.15) is 44.3 Å². The second-order valence-electron chi connectivity index (χ2n) is 8.01. The molecule has 0 bridgehead atoms. The lowest BCUT2D eigenvalue weighted by Gasteiger charge is -2.41. The molecule has 0 aromatic carbocycles. The first-order valence-electron chi connectivity index (χ1n) is 9.33. The lowest BCUT2D eigenvalue weighted by Crippen LogP contribution is -2.48. The number of carbonyl (C=O) groups excluding carboxylic acids is 1. The number of nitrogens with zero attached hydrogens (tertiary/aromatic N) is 3. The average molecular weight is 352 g/mol. The van der Waals surface area contributed by atoms with Gasteiger partial charge < -0.3 is 10.2 Å². The summed E-state index contributed by atoms with van der Waals surface area (Å²) in [6.07, 6.45) is 0.848. The van der Waals surface area contributed by atoms with E-state index in [1.165, 1.54) is 4.68 Å². The molecule has 0 spiro atoms. The van der Waals surface area contributed by atoms with Gasteiger partial charge in [-0.1, -0.05) is 6.92 Å². The maximum Gasteiger partial charge on any atom is 0.260 e. The van der Waals surface area contributed by atoms with Gasteiger partial charge in [0.1, 0.15) is 11.9 Å². The lowest BCUT2D eigenvalue weighted by molar-refractivity contribution is -0.134. The molecule has 2 aliphatic heterocycles. The van der Waals surface area contributed by atoms with Crippen LogP contribution in [0.15, 0.2) is 6.07 Å². The Morgan fingerprint density at radius 3 is 2.84 bits per heavy atom. The number of aromatic nitrogens is 2. The van der Waals surface area contributed by atoms with Crippen molar-refractivity contribution in [1.29, 1.82) is 0 Å². The van der Waals surface area contributed by atoms with Gasteiger partial charge in [0, 0.05) is 31.1 Å². The van der Waals surface area contributed by atoms with Crippen molar-refractivity contribution in [1.82, 2.24) is 14.7 Å². The van der Waals surface area contributed by atoms with Crippen LogP contribution in [0.25, 0.3) is 0 Å². The van der Waals surface area contributed by atoms with Gasteiger partial charge in [-0.05, 0) is 44.4 Å². The fourth-order valence-electron chi connectivity index (χ4n) is 4.45. The average Bonchev–Trinajstić information content (AvgIpc) is 3.19. The van der Waals surface area contributed by atoms with Crippen molar-refractivity contribution in [3.8, 4) is 0 Å². The van der Waals surface area contributed by atoms with Crippen LogP contribution in [-0.2, 0) is 4.79 Å². The Morgan fingerprint density at radius 1 is 1.40 bits per heavy atom. The smallest absolute Gasteiger partial charge is 0.260 e.